The summed E-state index contributed by atoms with van der Waals surface area (Å²) in [5, 5.41) is 14.9. The largest absolute Gasteiger partial charge is 0.461 e. The number of aliphatic hydroxyl groups is 1. The molecule has 108 valence electrons. The summed E-state index contributed by atoms with van der Waals surface area (Å²) in [7, 11) is 1.74. The van der Waals surface area contributed by atoms with Crippen molar-refractivity contribution in [3.05, 3.63) is 0 Å². The van der Waals surface area contributed by atoms with E-state index in [-0.39, 0.29) is 18.8 Å². The van der Waals surface area contributed by atoms with Crippen LogP contribution in [0.2, 0.25) is 0 Å². The standard InChI is InChI=1S/C12H23N5O2/c1-8(2)19-12-16-10(13-4)15-11(17-12)14-9(3)6-5-7-18/h8-9,18H,5-7H2,1-4H3,(H2,13,14,15,16,17). The van der Waals surface area contributed by atoms with Crippen LogP contribution in [-0.2, 0) is 0 Å². The maximum absolute atomic E-state index is 8.81. The molecule has 19 heavy (non-hydrogen) atoms. The average molecular weight is 269 g/mol. The normalized spacial score (nSPS) is 12.3. The molecule has 7 nitrogen and oxygen atoms in total. The number of rotatable bonds is 8. The van der Waals surface area contributed by atoms with Crippen molar-refractivity contribution in [1.29, 1.82) is 0 Å². The Kier molecular flexibility index (Phi) is 6.27. The molecule has 1 aromatic rings. The van der Waals surface area contributed by atoms with Crippen LogP contribution in [0, 0.1) is 0 Å². The topological polar surface area (TPSA) is 92.2 Å². The van der Waals surface area contributed by atoms with E-state index in [0.717, 1.165) is 12.8 Å². The molecule has 1 atom stereocenters. The van der Waals surface area contributed by atoms with Gasteiger partial charge in [-0.1, -0.05) is 0 Å². The predicted octanol–water partition coefficient (Wildman–Crippen LogP) is 1.27. The van der Waals surface area contributed by atoms with Crippen molar-refractivity contribution in [3.8, 4) is 6.01 Å². The van der Waals surface area contributed by atoms with E-state index in [4.69, 9.17) is 9.84 Å². The summed E-state index contributed by atoms with van der Waals surface area (Å²) in [5.74, 6) is 0.933. The number of aliphatic hydroxyl groups excluding tert-OH is 1. The van der Waals surface area contributed by atoms with E-state index in [9.17, 15) is 0 Å². The van der Waals surface area contributed by atoms with Crippen molar-refractivity contribution in [2.75, 3.05) is 24.3 Å². The van der Waals surface area contributed by atoms with E-state index in [1.807, 2.05) is 20.8 Å². The molecule has 0 saturated heterocycles. The molecular formula is C12H23N5O2. The van der Waals surface area contributed by atoms with E-state index >= 15 is 0 Å². The van der Waals surface area contributed by atoms with E-state index < -0.39 is 0 Å². The minimum absolute atomic E-state index is 0.00627. The van der Waals surface area contributed by atoms with Gasteiger partial charge in [0.1, 0.15) is 0 Å². The fraction of sp³-hybridized carbons (Fsp3) is 0.750. The Morgan fingerprint density at radius 1 is 1.16 bits per heavy atom. The van der Waals surface area contributed by atoms with Gasteiger partial charge < -0.3 is 20.5 Å². The molecule has 3 N–H and O–H groups in total. The van der Waals surface area contributed by atoms with Gasteiger partial charge in [-0.3, -0.25) is 0 Å². The zero-order valence-corrected chi connectivity index (χ0v) is 12.0. The first-order valence-corrected chi connectivity index (χ1v) is 6.53. The third-order valence-corrected chi connectivity index (χ3v) is 2.35. The third kappa shape index (κ3) is 5.69. The van der Waals surface area contributed by atoms with Crippen LogP contribution in [0.25, 0.3) is 0 Å². The molecular weight excluding hydrogens is 246 g/mol. The van der Waals surface area contributed by atoms with Gasteiger partial charge in [0.15, 0.2) is 0 Å². The molecule has 0 bridgehead atoms. The molecule has 1 rings (SSSR count). The van der Waals surface area contributed by atoms with Crippen LogP contribution < -0.4 is 15.4 Å². The van der Waals surface area contributed by atoms with Gasteiger partial charge in [0.05, 0.1) is 6.10 Å². The highest BCUT2D eigenvalue weighted by molar-refractivity contribution is 5.35. The molecule has 0 aliphatic rings. The second-order valence-electron chi connectivity index (χ2n) is 4.59. The number of nitrogens with one attached hydrogen (secondary N) is 2. The summed E-state index contributed by atoms with van der Waals surface area (Å²) >= 11 is 0. The lowest BCUT2D eigenvalue weighted by Gasteiger charge is -2.15. The monoisotopic (exact) mass is 269 g/mol. The lowest BCUT2D eigenvalue weighted by Crippen LogP contribution is -2.19. The number of nitrogens with zero attached hydrogens (tertiary/aromatic N) is 3. The second-order valence-corrected chi connectivity index (χ2v) is 4.59. The zero-order valence-electron chi connectivity index (χ0n) is 12.0. The van der Waals surface area contributed by atoms with Crippen LogP contribution in [0.4, 0.5) is 11.9 Å². The highest BCUT2D eigenvalue weighted by Crippen LogP contribution is 2.13. The molecule has 0 aliphatic heterocycles. The molecule has 0 amide bonds. The van der Waals surface area contributed by atoms with E-state index in [1.165, 1.54) is 0 Å². The Balaban J connectivity index is 2.75. The van der Waals surface area contributed by atoms with Crippen LogP contribution in [0.3, 0.4) is 0 Å². The summed E-state index contributed by atoms with van der Waals surface area (Å²) in [5.41, 5.74) is 0. The molecule has 7 heteroatoms. The van der Waals surface area contributed by atoms with Gasteiger partial charge in [-0.05, 0) is 33.6 Å². The van der Waals surface area contributed by atoms with Crippen molar-refractivity contribution >= 4 is 11.9 Å². The molecule has 0 saturated carbocycles. The molecule has 0 spiro atoms. The zero-order chi connectivity index (χ0) is 14.3. The van der Waals surface area contributed by atoms with Crippen molar-refractivity contribution in [2.45, 2.75) is 45.8 Å². The fourth-order valence-corrected chi connectivity index (χ4v) is 1.49. The fourth-order valence-electron chi connectivity index (χ4n) is 1.49. The molecule has 0 aromatic carbocycles. The van der Waals surface area contributed by atoms with Crippen LogP contribution in [0.5, 0.6) is 6.01 Å². The number of anilines is 2. The quantitative estimate of drug-likeness (QED) is 0.654. The first kappa shape index (κ1) is 15.4. The van der Waals surface area contributed by atoms with Gasteiger partial charge in [0.2, 0.25) is 11.9 Å². The molecule has 0 radical (unpaired) electrons. The Labute approximate surface area is 113 Å². The van der Waals surface area contributed by atoms with E-state index in [1.54, 1.807) is 7.05 Å². The van der Waals surface area contributed by atoms with Gasteiger partial charge >= 0.3 is 6.01 Å². The number of hydrogen-bond donors (Lipinski definition) is 3. The highest BCUT2D eigenvalue weighted by Gasteiger charge is 2.10. The molecule has 0 aliphatic carbocycles. The Morgan fingerprint density at radius 3 is 2.42 bits per heavy atom. The van der Waals surface area contributed by atoms with Crippen LogP contribution in [0.1, 0.15) is 33.6 Å². The first-order valence-electron chi connectivity index (χ1n) is 6.53. The van der Waals surface area contributed by atoms with Crippen molar-refractivity contribution in [3.63, 3.8) is 0 Å². The second kappa shape index (κ2) is 7.73. The maximum Gasteiger partial charge on any atom is 0.323 e. The minimum atomic E-state index is 0.00627. The lowest BCUT2D eigenvalue weighted by molar-refractivity contribution is 0.222. The summed E-state index contributed by atoms with van der Waals surface area (Å²) in [4.78, 5) is 12.6. The van der Waals surface area contributed by atoms with Gasteiger partial charge in [0.25, 0.3) is 0 Å². The van der Waals surface area contributed by atoms with Gasteiger partial charge in [-0.15, -0.1) is 0 Å². The lowest BCUT2D eigenvalue weighted by atomic mass is 10.2. The van der Waals surface area contributed by atoms with Crippen molar-refractivity contribution < 1.29 is 9.84 Å². The smallest absolute Gasteiger partial charge is 0.323 e. The Morgan fingerprint density at radius 2 is 1.84 bits per heavy atom. The van der Waals surface area contributed by atoms with Crippen molar-refractivity contribution in [2.24, 2.45) is 0 Å². The third-order valence-electron chi connectivity index (χ3n) is 2.35. The summed E-state index contributed by atoms with van der Waals surface area (Å²) < 4.78 is 5.48. The number of aromatic nitrogens is 3. The summed E-state index contributed by atoms with van der Waals surface area (Å²) in [6, 6.07) is 0.470. The Bertz CT molecular complexity index is 386. The highest BCUT2D eigenvalue weighted by atomic mass is 16.5. The molecule has 1 heterocycles. The van der Waals surface area contributed by atoms with E-state index in [0.29, 0.717) is 17.9 Å². The molecule has 1 aromatic heterocycles. The van der Waals surface area contributed by atoms with Crippen molar-refractivity contribution in [1.82, 2.24) is 15.0 Å². The number of ether oxygens (including phenoxy) is 1. The first-order chi connectivity index (χ1) is 9.05. The van der Waals surface area contributed by atoms with Gasteiger partial charge in [-0.2, -0.15) is 15.0 Å². The van der Waals surface area contributed by atoms with Gasteiger partial charge in [0, 0.05) is 19.7 Å². The molecule has 0 fully saturated rings. The summed E-state index contributed by atoms with van der Waals surface area (Å²) in [6.45, 7) is 6.04. The number of hydrogen-bond acceptors (Lipinski definition) is 7. The van der Waals surface area contributed by atoms with Crippen LogP contribution in [0.15, 0.2) is 0 Å². The van der Waals surface area contributed by atoms with E-state index in [2.05, 4.69) is 25.6 Å². The van der Waals surface area contributed by atoms with Gasteiger partial charge in [-0.25, -0.2) is 0 Å². The predicted molar refractivity (Wildman–Crippen MR) is 74.5 cm³/mol. The minimum Gasteiger partial charge on any atom is -0.461 e. The Hall–Kier alpha value is -1.63. The van der Waals surface area contributed by atoms with Crippen LogP contribution >= 0.6 is 0 Å². The average Bonchev–Trinajstić information content (AvgIpc) is 2.35. The van der Waals surface area contributed by atoms with Crippen LogP contribution in [-0.4, -0.2) is 45.9 Å². The maximum atomic E-state index is 8.81. The summed E-state index contributed by atoms with van der Waals surface area (Å²) in [6.07, 6.45) is 1.59. The SMILES string of the molecule is CNc1nc(NC(C)CCCO)nc(OC(C)C)n1. The molecule has 1 unspecified atom stereocenters.